The molecule has 5 heterocycles. The highest BCUT2D eigenvalue weighted by molar-refractivity contribution is 5.92. The van der Waals surface area contributed by atoms with Gasteiger partial charge < -0.3 is 80.5 Å². The van der Waals surface area contributed by atoms with E-state index < -0.39 is 171 Å². The Morgan fingerprint density at radius 3 is 1.31 bits per heavy atom. The van der Waals surface area contributed by atoms with Gasteiger partial charge in [0.15, 0.2) is 73.5 Å². The van der Waals surface area contributed by atoms with E-state index in [9.17, 15) is 28.8 Å². The third-order valence-electron chi connectivity index (χ3n) is 25.8. The molecular formula is C93H102O26. The van der Waals surface area contributed by atoms with Crippen molar-refractivity contribution in [3.05, 3.63) is 227 Å². The Labute approximate surface area is 690 Å². The van der Waals surface area contributed by atoms with Gasteiger partial charge in [0.1, 0.15) is 31.5 Å². The number of benzene rings is 6. The standard InChI is InChI=1S/C93H102O26/c1-52-41-46-93(105-49-52)53(2)72-69(119-93)48-68-66-40-39-64-47-65(42-44-91(64,7)67(66)43-45-92(68,72)8)110-89-81(118-88-79(109-57(6)96)76(108-56(5)95)73(54(3)106-88)107-55(4)94)78(115-86(101)62-35-23-13-24-36-62)75(71(111-89)51-104-83(98)59-29-17-10-18-30-59)117-90-80(116-87(102)63-37-25-14-26-38-63)77(114-85(100)61-33-21-12-22-34-61)74(113-84(99)60-31-19-11-20-32-60)70(112-90)50-103-82(97)58-27-15-9-16-28-58/h9-39,52-54,65-81,88-90H,40-51H2,1-8H3/t52-,53+,54+,65+,66-,67+,68+,69+,70-,71-,72+,73+,74-,75+,76-,77+,78+,79-,80-,81-,88+,89-,90+,91+,92+,93-/m1/s1. The van der Waals surface area contributed by atoms with Gasteiger partial charge in [0.2, 0.25) is 0 Å². The van der Waals surface area contributed by atoms with Gasteiger partial charge in [-0.2, -0.15) is 0 Å². The monoisotopic (exact) mass is 1630 g/mol. The molecule has 0 radical (unpaired) electrons. The van der Waals surface area contributed by atoms with Gasteiger partial charge in [-0.15, -0.1) is 0 Å². The second kappa shape index (κ2) is 36.1. The Morgan fingerprint density at radius 1 is 0.412 bits per heavy atom. The summed E-state index contributed by atoms with van der Waals surface area (Å²) in [6.45, 7) is 13.4. The molecule has 0 aromatic heterocycles. The zero-order valence-electron chi connectivity index (χ0n) is 67.8. The number of carbonyl (C=O) groups excluding carboxylic acids is 9. The van der Waals surface area contributed by atoms with Crippen LogP contribution >= 0.6 is 0 Å². The minimum atomic E-state index is -2.18. The van der Waals surface area contributed by atoms with Crippen LogP contribution in [0, 0.1) is 46.3 Å². The van der Waals surface area contributed by atoms with Gasteiger partial charge in [0.25, 0.3) is 0 Å². The first-order valence-electron chi connectivity index (χ1n) is 41.3. The van der Waals surface area contributed by atoms with Crippen molar-refractivity contribution in [1.29, 1.82) is 0 Å². The molecule has 8 fully saturated rings. The van der Waals surface area contributed by atoms with Gasteiger partial charge in [0.05, 0.1) is 58.3 Å². The summed E-state index contributed by atoms with van der Waals surface area (Å²) in [5, 5.41) is 0. The van der Waals surface area contributed by atoms with Crippen molar-refractivity contribution in [3.8, 4) is 0 Å². The fourth-order valence-corrected chi connectivity index (χ4v) is 20.1. The van der Waals surface area contributed by atoms with Crippen molar-refractivity contribution in [2.45, 2.75) is 223 Å². The fraction of sp³-hybridized carbons (Fsp3) is 0.495. The molecule has 9 aliphatic rings. The molecule has 4 aliphatic carbocycles. The van der Waals surface area contributed by atoms with Crippen LogP contribution in [0.2, 0.25) is 0 Å². The van der Waals surface area contributed by atoms with Crippen LogP contribution in [0.1, 0.15) is 175 Å². The van der Waals surface area contributed by atoms with Crippen molar-refractivity contribution < 1.29 is 124 Å². The van der Waals surface area contributed by atoms with E-state index in [1.54, 1.807) is 109 Å². The molecule has 630 valence electrons. The molecule has 0 bridgehead atoms. The fourth-order valence-electron chi connectivity index (χ4n) is 20.1. The summed E-state index contributed by atoms with van der Waals surface area (Å²) in [4.78, 5) is 130. The number of hydrogen-bond donors (Lipinski definition) is 0. The quantitative estimate of drug-likeness (QED) is 0.0327. The summed E-state index contributed by atoms with van der Waals surface area (Å²) in [7, 11) is 0. The van der Waals surface area contributed by atoms with E-state index in [1.807, 2.05) is 0 Å². The zero-order chi connectivity index (χ0) is 83.4. The van der Waals surface area contributed by atoms with E-state index in [0.717, 1.165) is 59.3 Å². The highest BCUT2D eigenvalue weighted by atomic mass is 16.8. The van der Waals surface area contributed by atoms with Crippen LogP contribution in [0.25, 0.3) is 0 Å². The largest absolute Gasteiger partial charge is 0.459 e. The molecule has 3 saturated carbocycles. The van der Waals surface area contributed by atoms with Gasteiger partial charge in [-0.25, -0.2) is 28.8 Å². The second-order valence-electron chi connectivity index (χ2n) is 33.4. The van der Waals surface area contributed by atoms with Crippen molar-refractivity contribution in [1.82, 2.24) is 0 Å². The van der Waals surface area contributed by atoms with E-state index >= 15 is 14.4 Å². The molecule has 119 heavy (non-hydrogen) atoms. The van der Waals surface area contributed by atoms with Gasteiger partial charge in [-0.3, -0.25) is 14.4 Å². The predicted octanol–water partition coefficient (Wildman–Crippen LogP) is 13.1. The molecule has 6 aromatic rings. The van der Waals surface area contributed by atoms with Crippen LogP contribution in [0.5, 0.6) is 0 Å². The van der Waals surface area contributed by atoms with Crippen molar-refractivity contribution in [2.24, 2.45) is 46.3 Å². The molecule has 26 nitrogen and oxygen atoms in total. The number of allylic oxidation sites excluding steroid dienone is 1. The third kappa shape index (κ3) is 17.9. The maximum atomic E-state index is 15.6. The number of rotatable bonds is 23. The summed E-state index contributed by atoms with van der Waals surface area (Å²) < 4.78 is 114. The Bertz CT molecular complexity index is 4620. The lowest BCUT2D eigenvalue weighted by atomic mass is 9.47. The van der Waals surface area contributed by atoms with Gasteiger partial charge in [-0.05, 0) is 172 Å². The third-order valence-corrected chi connectivity index (χ3v) is 25.8. The Kier molecular flexibility index (Phi) is 25.5. The number of esters is 9. The summed E-state index contributed by atoms with van der Waals surface area (Å²) in [6, 6.07) is 47.1. The minimum Gasteiger partial charge on any atom is -0.459 e. The lowest BCUT2D eigenvalue weighted by molar-refractivity contribution is -0.388. The highest BCUT2D eigenvalue weighted by Gasteiger charge is 2.69. The molecule has 0 amide bonds. The normalized spacial score (nSPS) is 34.9. The Morgan fingerprint density at radius 2 is 0.824 bits per heavy atom. The number of hydrogen-bond acceptors (Lipinski definition) is 26. The smallest absolute Gasteiger partial charge is 0.338 e. The molecule has 0 N–H and O–H groups in total. The number of ether oxygens (including phenoxy) is 17. The van der Waals surface area contributed by atoms with E-state index in [-0.39, 0.29) is 56.2 Å². The van der Waals surface area contributed by atoms with Crippen LogP contribution in [0.3, 0.4) is 0 Å². The molecular weight excluding hydrogens is 1530 g/mol. The lowest BCUT2D eigenvalue weighted by Crippen LogP contribution is -2.69. The summed E-state index contributed by atoms with van der Waals surface area (Å²) >= 11 is 0. The Hall–Kier alpha value is -10.0. The highest BCUT2D eigenvalue weighted by Crippen LogP contribution is 2.71. The van der Waals surface area contributed by atoms with Gasteiger partial charge in [-0.1, -0.05) is 149 Å². The molecule has 26 heteroatoms. The zero-order valence-corrected chi connectivity index (χ0v) is 67.8. The van der Waals surface area contributed by atoms with Gasteiger partial charge >= 0.3 is 53.7 Å². The van der Waals surface area contributed by atoms with Gasteiger partial charge in [0, 0.05) is 33.1 Å². The first kappa shape index (κ1) is 84.0. The van der Waals surface area contributed by atoms with E-state index in [1.165, 1.54) is 85.3 Å². The SMILES string of the molecule is CC(=O)O[C@@H]1[C@@H](OC(C)=O)[C@H](C)O[C@@H](O[C@H]2[C@H](O[C@H]3CC[C@@]4(C)C(=CC[C@H]5[C@@H]6C[C@@H]7O[C@]8(CC[C@@H](C)CO8)[C@@H](C)[C@@H]7[C@@]6(C)CC[C@@H]54)C3)O[C@H](COC(=O)c3ccccc3)[C@H](O[C@@H]3O[C@H](COC(=O)c4ccccc4)[C@@H](OC(=O)c4ccccc4)[C@H](OC(=O)c4ccccc4)[C@H]3OC(=O)c3ccccc3)[C@@H]2OC(=O)c2ccccc2)[C@@H]1OC(C)=O. The van der Waals surface area contributed by atoms with Crippen LogP contribution in [0.15, 0.2) is 194 Å². The van der Waals surface area contributed by atoms with E-state index in [0.29, 0.717) is 55.5 Å². The van der Waals surface area contributed by atoms with Crippen LogP contribution in [0.4, 0.5) is 0 Å². The summed E-state index contributed by atoms with van der Waals surface area (Å²) in [5.74, 6) is -6.87. The van der Waals surface area contributed by atoms with Crippen LogP contribution in [-0.4, -0.2) is 184 Å². The Balaban J connectivity index is 0.859. The second-order valence-corrected chi connectivity index (χ2v) is 33.4. The lowest BCUT2D eigenvalue weighted by Gasteiger charge is -2.59. The molecule has 5 saturated heterocycles. The van der Waals surface area contributed by atoms with Crippen LogP contribution in [-0.2, 0) is 94.9 Å². The van der Waals surface area contributed by atoms with E-state index in [4.69, 9.17) is 80.5 Å². The van der Waals surface area contributed by atoms with Crippen molar-refractivity contribution >= 4 is 53.7 Å². The first-order valence-corrected chi connectivity index (χ1v) is 41.3. The molecule has 15 rings (SSSR count). The van der Waals surface area contributed by atoms with Crippen LogP contribution < -0.4 is 0 Å². The molecule has 1 spiro atoms. The number of fused-ring (bicyclic) bond motifs is 7. The van der Waals surface area contributed by atoms with Crippen molar-refractivity contribution in [3.63, 3.8) is 0 Å². The average molecular weight is 1640 g/mol. The topological polar surface area (TPSA) is 311 Å². The predicted molar refractivity (Wildman–Crippen MR) is 421 cm³/mol. The first-order chi connectivity index (χ1) is 57.3. The molecule has 0 unspecified atom stereocenters. The van der Waals surface area contributed by atoms with Crippen molar-refractivity contribution in [2.75, 3.05) is 19.8 Å². The number of carbonyl (C=O) groups is 9. The minimum absolute atomic E-state index is 0.0147. The molecule has 6 aromatic carbocycles. The maximum Gasteiger partial charge on any atom is 0.338 e. The summed E-state index contributed by atoms with van der Waals surface area (Å²) in [6.07, 6.45) is -18.3. The molecule has 5 aliphatic heterocycles. The molecule has 26 atom stereocenters. The summed E-state index contributed by atoms with van der Waals surface area (Å²) in [5.41, 5.74) is 1.09. The van der Waals surface area contributed by atoms with E-state index in [2.05, 4.69) is 33.8 Å². The average Bonchev–Trinajstić information content (AvgIpc) is 1.54. The maximum absolute atomic E-state index is 15.6.